The Kier molecular flexibility index (Phi) is 4.95. The Morgan fingerprint density at radius 2 is 0.812 bits per heavy atom. The molecule has 0 spiro atoms. The van der Waals surface area contributed by atoms with Crippen molar-refractivity contribution >= 4 is 76.5 Å². The van der Waals surface area contributed by atoms with Crippen molar-refractivity contribution in [3.05, 3.63) is 119 Å². The molecule has 0 radical (unpaired) electrons. The van der Waals surface area contributed by atoms with E-state index < -0.39 is 0 Å². The summed E-state index contributed by atoms with van der Waals surface area (Å²) in [6, 6.07) is 34.6. The molecule has 2 heterocycles. The second-order valence-corrected chi connectivity index (χ2v) is 9.97. The van der Waals surface area contributed by atoms with E-state index in [4.69, 9.17) is 0 Å². The zero-order chi connectivity index (χ0) is 21.3. The summed E-state index contributed by atoms with van der Waals surface area (Å²) in [5, 5.41) is 2.73. The molecular formula is C30H20S2. The number of benzene rings is 4. The smallest absolute Gasteiger partial charge is 0.0542 e. The average molecular weight is 445 g/mol. The number of hydrogen-bond donors (Lipinski definition) is 0. The predicted molar refractivity (Wildman–Crippen MR) is 145 cm³/mol. The second kappa shape index (κ2) is 8.23. The fourth-order valence-electron chi connectivity index (χ4n) is 4.01. The fourth-order valence-corrected chi connectivity index (χ4v) is 6.76. The Morgan fingerprint density at radius 3 is 1.25 bits per heavy atom. The summed E-state index contributed by atoms with van der Waals surface area (Å²) >= 11 is 3.82. The van der Waals surface area contributed by atoms with Crippen molar-refractivity contribution < 1.29 is 0 Å². The summed E-state index contributed by atoms with van der Waals surface area (Å²) in [5.41, 5.74) is 4.94. The third-order valence-electron chi connectivity index (χ3n) is 5.67. The third kappa shape index (κ3) is 3.69. The molecule has 0 saturated carbocycles. The minimum Gasteiger partial charge on any atom is -0.134 e. The molecule has 0 saturated heterocycles. The fraction of sp³-hybridized carbons (Fsp3) is 0. The van der Waals surface area contributed by atoms with Crippen LogP contribution in [0.2, 0.25) is 0 Å². The SMILES string of the molecule is C(=Cc1ccc2c(c1)sc1c3ccc(C=Cc4ccccc4)cc3sc21)c1ccccc1. The normalized spacial score (nSPS) is 12.1. The summed E-state index contributed by atoms with van der Waals surface area (Å²) in [5.74, 6) is 0. The van der Waals surface area contributed by atoms with E-state index >= 15 is 0 Å². The molecule has 0 atom stereocenters. The molecule has 0 nitrogen and oxygen atoms in total. The number of fused-ring (bicyclic) bond motifs is 5. The second-order valence-electron chi connectivity index (χ2n) is 7.86. The van der Waals surface area contributed by atoms with E-state index in [2.05, 4.69) is 121 Å². The molecule has 152 valence electrons. The molecule has 32 heavy (non-hydrogen) atoms. The lowest BCUT2D eigenvalue weighted by Gasteiger charge is -1.97. The summed E-state index contributed by atoms with van der Waals surface area (Å²) in [4.78, 5) is 0. The van der Waals surface area contributed by atoms with E-state index in [0.29, 0.717) is 0 Å². The van der Waals surface area contributed by atoms with Gasteiger partial charge < -0.3 is 0 Å². The number of rotatable bonds is 4. The van der Waals surface area contributed by atoms with Crippen molar-refractivity contribution in [3.63, 3.8) is 0 Å². The van der Waals surface area contributed by atoms with Gasteiger partial charge in [-0.3, -0.25) is 0 Å². The van der Waals surface area contributed by atoms with Crippen molar-refractivity contribution in [1.82, 2.24) is 0 Å². The Labute approximate surface area is 195 Å². The van der Waals surface area contributed by atoms with Crippen LogP contribution < -0.4 is 0 Å². The van der Waals surface area contributed by atoms with Gasteiger partial charge in [0.05, 0.1) is 9.40 Å². The Hall–Kier alpha value is -3.46. The van der Waals surface area contributed by atoms with Gasteiger partial charge in [-0.25, -0.2) is 0 Å². The lowest BCUT2D eigenvalue weighted by Crippen LogP contribution is -1.72. The molecule has 0 aliphatic heterocycles. The highest BCUT2D eigenvalue weighted by Crippen LogP contribution is 2.44. The minimum atomic E-state index is 1.22. The minimum absolute atomic E-state index is 1.22. The van der Waals surface area contributed by atoms with Crippen LogP contribution in [0, 0.1) is 0 Å². The van der Waals surface area contributed by atoms with E-state index in [-0.39, 0.29) is 0 Å². The van der Waals surface area contributed by atoms with Crippen molar-refractivity contribution in [1.29, 1.82) is 0 Å². The van der Waals surface area contributed by atoms with Crippen LogP contribution in [0.1, 0.15) is 22.3 Å². The van der Waals surface area contributed by atoms with Gasteiger partial charge in [0.15, 0.2) is 0 Å². The molecule has 0 N–H and O–H groups in total. The number of thiophene rings is 2. The monoisotopic (exact) mass is 444 g/mol. The molecule has 0 aliphatic carbocycles. The maximum atomic E-state index is 2.31. The Balaban J connectivity index is 1.35. The van der Waals surface area contributed by atoms with E-state index in [1.165, 1.54) is 51.8 Å². The predicted octanol–water partition coefficient (Wildman–Crippen LogP) is 9.61. The molecule has 0 bridgehead atoms. The van der Waals surface area contributed by atoms with Crippen LogP contribution in [0.3, 0.4) is 0 Å². The van der Waals surface area contributed by atoms with Crippen LogP contribution in [-0.4, -0.2) is 0 Å². The summed E-state index contributed by atoms with van der Waals surface area (Å²) < 4.78 is 5.53. The van der Waals surface area contributed by atoms with E-state index in [1.54, 1.807) is 0 Å². The first-order valence-electron chi connectivity index (χ1n) is 10.7. The third-order valence-corrected chi connectivity index (χ3v) is 8.17. The topological polar surface area (TPSA) is 0 Å². The van der Waals surface area contributed by atoms with Gasteiger partial charge in [0.25, 0.3) is 0 Å². The zero-order valence-electron chi connectivity index (χ0n) is 17.4. The highest BCUT2D eigenvalue weighted by atomic mass is 32.1. The van der Waals surface area contributed by atoms with Gasteiger partial charge in [0, 0.05) is 20.2 Å². The van der Waals surface area contributed by atoms with Gasteiger partial charge in [0.1, 0.15) is 0 Å². The van der Waals surface area contributed by atoms with Crippen molar-refractivity contribution in [2.75, 3.05) is 0 Å². The van der Waals surface area contributed by atoms with Gasteiger partial charge in [0.2, 0.25) is 0 Å². The number of hydrogen-bond acceptors (Lipinski definition) is 2. The van der Waals surface area contributed by atoms with Crippen molar-refractivity contribution in [3.8, 4) is 0 Å². The molecule has 2 aromatic heterocycles. The maximum Gasteiger partial charge on any atom is 0.0542 e. The summed E-state index contributed by atoms with van der Waals surface area (Å²) in [7, 11) is 0. The maximum absolute atomic E-state index is 2.31. The largest absolute Gasteiger partial charge is 0.134 e. The van der Waals surface area contributed by atoms with Crippen molar-refractivity contribution in [2.45, 2.75) is 0 Å². The molecule has 0 unspecified atom stereocenters. The molecule has 6 aromatic rings. The van der Waals surface area contributed by atoms with Crippen LogP contribution >= 0.6 is 22.7 Å². The highest BCUT2D eigenvalue weighted by Gasteiger charge is 2.12. The van der Waals surface area contributed by atoms with Gasteiger partial charge in [-0.15, -0.1) is 22.7 Å². The van der Waals surface area contributed by atoms with Crippen LogP contribution in [0.5, 0.6) is 0 Å². The van der Waals surface area contributed by atoms with Crippen LogP contribution in [0.15, 0.2) is 97.1 Å². The van der Waals surface area contributed by atoms with Crippen LogP contribution in [0.25, 0.3) is 53.9 Å². The van der Waals surface area contributed by atoms with Crippen LogP contribution in [-0.2, 0) is 0 Å². The van der Waals surface area contributed by atoms with E-state index in [1.807, 2.05) is 22.7 Å². The average Bonchev–Trinajstić information content (AvgIpc) is 3.38. The van der Waals surface area contributed by atoms with E-state index in [0.717, 1.165) is 0 Å². The molecule has 4 aromatic carbocycles. The van der Waals surface area contributed by atoms with E-state index in [9.17, 15) is 0 Å². The molecular weight excluding hydrogens is 424 g/mol. The molecule has 0 fully saturated rings. The highest BCUT2D eigenvalue weighted by molar-refractivity contribution is 7.36. The lowest BCUT2D eigenvalue weighted by atomic mass is 10.1. The van der Waals surface area contributed by atoms with Crippen LogP contribution in [0.4, 0.5) is 0 Å². The summed E-state index contributed by atoms with van der Waals surface area (Å²) in [6.07, 6.45) is 8.76. The first-order valence-corrected chi connectivity index (χ1v) is 12.3. The molecule has 2 heteroatoms. The Morgan fingerprint density at radius 1 is 0.406 bits per heavy atom. The van der Waals surface area contributed by atoms with Gasteiger partial charge in [-0.1, -0.05) is 109 Å². The first kappa shape index (κ1) is 19.2. The summed E-state index contributed by atoms with van der Waals surface area (Å²) in [6.45, 7) is 0. The molecule has 6 rings (SSSR count). The van der Waals surface area contributed by atoms with Gasteiger partial charge in [-0.2, -0.15) is 0 Å². The standard InChI is InChI=1S/C30H20S2/c1-3-7-21(8-4-1)11-13-23-15-17-25-27(19-23)31-30-26-18-16-24(20-28(26)32-29(25)30)14-12-22-9-5-2-6-10-22/h1-20H. The quantitative estimate of drug-likeness (QED) is 0.237. The van der Waals surface area contributed by atoms with Gasteiger partial charge in [-0.05, 0) is 34.4 Å². The van der Waals surface area contributed by atoms with Gasteiger partial charge >= 0.3 is 0 Å². The Bertz CT molecular complexity index is 1470. The first-order chi connectivity index (χ1) is 15.8. The molecule has 0 amide bonds. The van der Waals surface area contributed by atoms with Crippen molar-refractivity contribution in [2.24, 2.45) is 0 Å². The zero-order valence-corrected chi connectivity index (χ0v) is 19.0. The lowest BCUT2D eigenvalue weighted by molar-refractivity contribution is 1.66. The molecule has 0 aliphatic rings.